The fourth-order valence-electron chi connectivity index (χ4n) is 13.8. The van der Waals surface area contributed by atoms with Crippen molar-refractivity contribution >= 4 is 117 Å². The molecular formula is C92H110Cl4N8O25. The third kappa shape index (κ3) is 34.2. The molecule has 33 nitrogen and oxygen atoms in total. The number of carbonyl (C=O) groups excluding carboxylic acids is 8. The van der Waals surface area contributed by atoms with E-state index in [1.165, 1.54) is 13.5 Å². The van der Waals surface area contributed by atoms with Gasteiger partial charge in [0.05, 0.1) is 76.5 Å². The number of rotatable bonds is 13. The Bertz CT molecular complexity index is 4770. The summed E-state index contributed by atoms with van der Waals surface area (Å²) in [4.78, 5) is 123. The molecule has 6 heterocycles. The van der Waals surface area contributed by atoms with Crippen molar-refractivity contribution < 1.29 is 122 Å². The van der Waals surface area contributed by atoms with Gasteiger partial charge in [-0.05, 0) is 156 Å². The van der Waals surface area contributed by atoms with E-state index in [2.05, 4.69) is 36.0 Å². The number of cyclic esters (lactones) is 4. The molecule has 0 unspecified atom stereocenters. The number of oxime groups is 4. The summed E-state index contributed by atoms with van der Waals surface area (Å²) in [5.41, 5.74) is 1.47. The SMILES string of the molecule is COC(=O)CON=C1/C=C/CC/C=C/CCOC(=O)c2c(O)cc(O)c(Cl)c2C1.O=C(CON=C1/C=C/CC/C=C/CCOC(=O)c2c(O)cc(O)c(Cl)c2C1)NC1CCCCC1.O=C1OCC/C=C/CC/C=C/C(=N/OCC(=O)N2CCCCC2)Cc2c(Cl)c(O)cc(O)c21.O=C1OCC/C=C/CC/C=C/C(=NOCC(=O)N2CCNCC2)Cc2c(Cl)c(O)cc(O)c21. The topological polar surface area (TPSA) is 461 Å². The van der Waals surface area contributed by atoms with Crippen LogP contribution in [-0.4, -0.2) is 226 Å². The van der Waals surface area contributed by atoms with E-state index in [1.807, 2.05) is 72.9 Å². The first kappa shape index (κ1) is 102. The highest BCUT2D eigenvalue weighted by molar-refractivity contribution is 6.35. The Kier molecular flexibility index (Phi) is 44.1. The number of piperidine rings is 1. The molecule has 0 atom stereocenters. The average molecular weight is 1870 g/mol. The second-order valence-corrected chi connectivity index (χ2v) is 31.5. The molecule has 129 heavy (non-hydrogen) atoms. The lowest BCUT2D eigenvalue weighted by molar-refractivity contribution is -0.146. The lowest BCUT2D eigenvalue weighted by Gasteiger charge is -2.26. The number of hydrogen-bond acceptors (Lipinski definition) is 30. The first-order valence-corrected chi connectivity index (χ1v) is 44.1. The van der Waals surface area contributed by atoms with Crippen molar-refractivity contribution in [3.8, 4) is 46.0 Å². The van der Waals surface area contributed by atoms with Crippen molar-refractivity contribution in [1.82, 2.24) is 20.4 Å². The van der Waals surface area contributed by atoms with Gasteiger partial charge in [-0.3, -0.25) is 14.4 Å². The zero-order valence-corrected chi connectivity index (χ0v) is 74.7. The van der Waals surface area contributed by atoms with E-state index in [0.717, 1.165) is 147 Å². The molecule has 4 aromatic rings. The highest BCUT2D eigenvalue weighted by atomic mass is 35.5. The van der Waals surface area contributed by atoms with E-state index >= 15 is 0 Å². The van der Waals surface area contributed by atoms with Crippen LogP contribution in [-0.2, 0) is 87.9 Å². The van der Waals surface area contributed by atoms with Crippen LogP contribution in [0, 0.1) is 0 Å². The normalized spacial score (nSPS) is 20.5. The van der Waals surface area contributed by atoms with Crippen LogP contribution in [0.25, 0.3) is 0 Å². The minimum atomic E-state index is -0.774. The lowest BCUT2D eigenvalue weighted by Crippen LogP contribution is -2.47. The van der Waals surface area contributed by atoms with Crippen molar-refractivity contribution in [2.75, 3.05) is 99.2 Å². The van der Waals surface area contributed by atoms with Gasteiger partial charge in [0.15, 0.2) is 19.8 Å². The number of carbonyl (C=O) groups is 8. The van der Waals surface area contributed by atoms with E-state index in [4.69, 9.17) is 84.7 Å². The zero-order chi connectivity index (χ0) is 92.8. The number of hydrogen-bond donors (Lipinski definition) is 10. The van der Waals surface area contributed by atoms with Crippen LogP contribution in [0.1, 0.15) is 192 Å². The van der Waals surface area contributed by atoms with Gasteiger partial charge in [0, 0.05) is 95.3 Å². The van der Waals surface area contributed by atoms with Crippen LogP contribution in [0.3, 0.4) is 0 Å². The van der Waals surface area contributed by atoms with Crippen LogP contribution in [0.2, 0.25) is 20.1 Å². The van der Waals surface area contributed by atoms with Gasteiger partial charge in [-0.2, -0.15) is 0 Å². The van der Waals surface area contributed by atoms with E-state index < -0.39 is 65.2 Å². The number of fused-ring (bicyclic) bond motifs is 4. The number of methoxy groups -OCH3 is 1. The van der Waals surface area contributed by atoms with E-state index in [0.29, 0.717) is 61.6 Å². The Balaban J connectivity index is 0.000000213. The number of nitrogens with zero attached hydrogens (tertiary/aromatic N) is 6. The largest absolute Gasteiger partial charge is 0.507 e. The summed E-state index contributed by atoms with van der Waals surface area (Å²) in [6, 6.07) is 4.16. The molecule has 0 aromatic heterocycles. The van der Waals surface area contributed by atoms with Crippen molar-refractivity contribution in [3.05, 3.63) is 186 Å². The van der Waals surface area contributed by atoms with Gasteiger partial charge in [-0.1, -0.05) is 159 Å². The number of ether oxygens (including phenoxy) is 5. The number of phenols is 8. The minimum Gasteiger partial charge on any atom is -0.507 e. The Morgan fingerprint density at radius 2 is 0.659 bits per heavy atom. The quantitative estimate of drug-likeness (QED) is 0.0257. The first-order valence-electron chi connectivity index (χ1n) is 42.6. The Morgan fingerprint density at radius 1 is 0.380 bits per heavy atom. The maximum absolute atomic E-state index is 12.7. The van der Waals surface area contributed by atoms with Crippen molar-refractivity contribution in [2.24, 2.45) is 20.6 Å². The van der Waals surface area contributed by atoms with Crippen LogP contribution >= 0.6 is 46.4 Å². The van der Waals surface area contributed by atoms with Crippen molar-refractivity contribution in [3.63, 3.8) is 0 Å². The Labute approximate surface area is 767 Å². The third-order valence-corrected chi connectivity index (χ3v) is 22.1. The second kappa shape index (κ2) is 55.6. The molecule has 696 valence electrons. The summed E-state index contributed by atoms with van der Waals surface area (Å²) in [6.07, 6.45) is 46.5. The number of aromatic hydroxyl groups is 8. The second-order valence-electron chi connectivity index (χ2n) is 30.0. The average Bonchev–Trinajstić information content (AvgIpc) is 0.809. The molecule has 1 saturated carbocycles. The van der Waals surface area contributed by atoms with Crippen molar-refractivity contribution in [2.45, 2.75) is 160 Å². The molecule has 0 bridgehead atoms. The van der Waals surface area contributed by atoms with Gasteiger partial charge >= 0.3 is 29.8 Å². The summed E-state index contributed by atoms with van der Waals surface area (Å²) in [5.74, 6) is -7.49. The number of allylic oxidation sites excluding steroid dienone is 12. The van der Waals surface area contributed by atoms with Crippen LogP contribution < -0.4 is 10.6 Å². The van der Waals surface area contributed by atoms with E-state index in [-0.39, 0.29) is 178 Å². The molecule has 7 aliphatic rings. The fourth-order valence-corrected chi connectivity index (χ4v) is 14.6. The predicted molar refractivity (Wildman–Crippen MR) is 484 cm³/mol. The molecular weight excluding hydrogens is 1760 g/mol. The maximum Gasteiger partial charge on any atom is 0.346 e. The molecule has 0 radical (unpaired) electrons. The number of amides is 3. The summed E-state index contributed by atoms with van der Waals surface area (Å²) in [5, 5.41) is 103. The fraction of sp³-hybridized carbons (Fsp3) is 0.435. The van der Waals surface area contributed by atoms with E-state index in [9.17, 15) is 79.2 Å². The molecule has 11 rings (SSSR count). The molecule has 4 aromatic carbocycles. The van der Waals surface area contributed by atoms with Gasteiger partial charge in [-0.25, -0.2) is 24.0 Å². The highest BCUT2D eigenvalue weighted by Gasteiger charge is 2.31. The minimum absolute atomic E-state index is 0.0184. The molecule has 37 heteroatoms. The highest BCUT2D eigenvalue weighted by Crippen LogP contribution is 2.42. The monoisotopic (exact) mass is 1870 g/mol. The number of nitrogens with one attached hydrogen (secondary N) is 2. The molecule has 3 amide bonds. The number of benzene rings is 4. The Morgan fingerprint density at radius 3 is 0.977 bits per heavy atom. The third-order valence-electron chi connectivity index (χ3n) is 20.4. The van der Waals surface area contributed by atoms with Crippen LogP contribution in [0.4, 0.5) is 0 Å². The van der Waals surface area contributed by atoms with Crippen LogP contribution in [0.5, 0.6) is 46.0 Å². The molecule has 10 N–H and O–H groups in total. The van der Waals surface area contributed by atoms with Gasteiger partial charge in [0.25, 0.3) is 17.7 Å². The molecule has 1 aliphatic carbocycles. The number of halogens is 4. The van der Waals surface area contributed by atoms with Gasteiger partial charge in [0.2, 0.25) is 6.61 Å². The molecule has 0 spiro atoms. The summed E-state index contributed by atoms with van der Waals surface area (Å²) < 4.78 is 25.5. The van der Waals surface area contributed by atoms with Crippen molar-refractivity contribution in [1.29, 1.82) is 0 Å². The molecule has 3 fully saturated rings. The molecule has 6 aliphatic heterocycles. The number of esters is 5. The Hall–Kier alpha value is -12.0. The summed E-state index contributed by atoms with van der Waals surface area (Å²) in [6.45, 7) is 3.60. The summed E-state index contributed by atoms with van der Waals surface area (Å²) >= 11 is 25.1. The molecule has 2 saturated heterocycles. The first-order chi connectivity index (χ1) is 62.3. The standard InChI is InChI=1S/C25H31ClN2O6.C24H29ClN2O6.C23H28ClN3O6.C20H22ClNO7/c26-24-19-14-18(28-34-16-22(31)27-17-10-7-5-8-11-17)12-6-3-1-2-4-9-13-33-25(32)23(19)20(29)15-21(24)30;25-23-18-14-17(26-33-16-21(30)27-11-7-5-8-12-27)10-6-3-1-2-4-9-13-32-24(31)22(18)19(28)15-20(23)29;24-22-17-13-16(26-33-15-20(30)27-10-8-25-9-11-27)7-5-3-1-2-4-6-12-32-23(31)21(17)18(28)14-19(22)29;1-27-17(25)12-29-22-13-8-6-4-2-3-5-7-9-28-20(26)18-14(10-13)19(21)16(24)11-15(18)23/h2,4,6,12,15,17,29-30H,1,3,5,7-11,13-14,16H2,(H,27,31);2,4,6,10,15,28-29H,1,3,5,7-9,11-14,16H2;2,4-5,7,14,25,28-29H,1,3,6,8-13,15H2;3,5-6,8,11,23-24H,2,4,7,9-10,12H2,1H3/b4-2+,12-6+,28-18?;4-2+,10-6+,26-17-;4-2+,7-5+,26-16?;5-3+,8-6+,22-13?. The lowest BCUT2D eigenvalue weighted by atomic mass is 9.95. The number of piperazine rings is 1. The predicted octanol–water partition coefficient (Wildman–Crippen LogP) is 14.5. The number of likely N-dealkylation sites (tertiary alicyclic amines) is 1. The number of phenolic OH excluding ortho intramolecular Hbond substituents is 8. The van der Waals surface area contributed by atoms with Gasteiger partial charge < -0.3 is 104 Å². The van der Waals surface area contributed by atoms with Crippen LogP contribution in [0.15, 0.2) is 142 Å². The zero-order valence-electron chi connectivity index (χ0n) is 71.7. The van der Waals surface area contributed by atoms with Gasteiger partial charge in [0.1, 0.15) is 68.2 Å². The summed E-state index contributed by atoms with van der Waals surface area (Å²) in [7, 11) is 1.22. The smallest absolute Gasteiger partial charge is 0.346 e. The van der Waals surface area contributed by atoms with E-state index in [1.54, 1.807) is 34.1 Å². The maximum atomic E-state index is 12.7. The van der Waals surface area contributed by atoms with Gasteiger partial charge in [-0.15, -0.1) is 0 Å².